The number of aliphatic hydroxyl groups excluding tert-OH is 1. The Labute approximate surface area is 242 Å². The van der Waals surface area contributed by atoms with Crippen LogP contribution < -0.4 is 20.1 Å². The number of nitrogens with one attached hydrogen (secondary N) is 1. The number of carbonyl (C=O) groups is 1. The first-order chi connectivity index (χ1) is 19.3. The van der Waals surface area contributed by atoms with E-state index in [2.05, 4.69) is 20.0 Å². The fourth-order valence-corrected chi connectivity index (χ4v) is 5.97. The molecule has 2 aromatic heterocycles. The summed E-state index contributed by atoms with van der Waals surface area (Å²) in [6.45, 7) is 8.14. The lowest BCUT2D eigenvalue weighted by molar-refractivity contribution is -0.149. The van der Waals surface area contributed by atoms with E-state index in [1.165, 1.54) is 17.8 Å². The summed E-state index contributed by atoms with van der Waals surface area (Å²) in [6.07, 6.45) is -2.32. The zero-order valence-corrected chi connectivity index (χ0v) is 24.9. The van der Waals surface area contributed by atoms with Crippen LogP contribution in [0.4, 0.5) is 5.95 Å². The number of alkyl halides is 1. The van der Waals surface area contributed by atoms with Crippen LogP contribution in [-0.4, -0.2) is 73.0 Å². The number of anilines is 1. The number of fused-ring (bicyclic) bond motifs is 1. The summed E-state index contributed by atoms with van der Waals surface area (Å²) in [4.78, 5) is 23.7. The van der Waals surface area contributed by atoms with Gasteiger partial charge in [0.15, 0.2) is 17.4 Å². The molecule has 6 atom stereocenters. The molecule has 0 spiro atoms. The van der Waals surface area contributed by atoms with Gasteiger partial charge in [-0.3, -0.25) is 13.9 Å². The minimum atomic E-state index is -4.21. The van der Waals surface area contributed by atoms with E-state index >= 15 is 0 Å². The third-order valence-corrected chi connectivity index (χ3v) is 8.15. The van der Waals surface area contributed by atoms with Gasteiger partial charge in [0.2, 0.25) is 11.8 Å². The van der Waals surface area contributed by atoms with Crippen molar-refractivity contribution < 1.29 is 37.7 Å². The average Bonchev–Trinajstić information content (AvgIpc) is 3.41. The highest BCUT2D eigenvalue weighted by atomic mass is 35.5. The van der Waals surface area contributed by atoms with Gasteiger partial charge < -0.3 is 29.6 Å². The second-order valence-corrected chi connectivity index (χ2v) is 12.3. The van der Waals surface area contributed by atoms with E-state index < -0.39 is 49.7 Å². The number of rotatable bonds is 12. The van der Waals surface area contributed by atoms with E-state index in [0.717, 1.165) is 0 Å². The van der Waals surface area contributed by atoms with Gasteiger partial charge in [0.25, 0.3) is 0 Å². The lowest BCUT2D eigenvalue weighted by atomic mass is 10.0. The van der Waals surface area contributed by atoms with Gasteiger partial charge in [-0.25, -0.2) is 9.55 Å². The lowest BCUT2D eigenvalue weighted by Crippen LogP contribution is -2.40. The molecular weight excluding hydrogens is 579 g/mol. The zero-order valence-electron chi connectivity index (χ0n) is 23.3. The molecule has 224 valence electrons. The number of ether oxygens (including phenoxy) is 3. The molecule has 0 radical (unpaired) electrons. The van der Waals surface area contributed by atoms with Gasteiger partial charge in [-0.05, 0) is 46.8 Å². The predicted octanol–water partition coefficient (Wildman–Crippen LogP) is 3.20. The number of aromatic nitrogens is 4. The summed E-state index contributed by atoms with van der Waals surface area (Å²) in [6, 6.07) is 7.24. The maximum atomic E-state index is 13.8. The number of benzene rings is 1. The molecule has 1 aliphatic rings. The van der Waals surface area contributed by atoms with Crippen molar-refractivity contribution in [2.75, 3.05) is 18.9 Å². The van der Waals surface area contributed by atoms with Crippen LogP contribution in [0.25, 0.3) is 11.2 Å². The molecule has 41 heavy (non-hydrogen) atoms. The number of carbonyl (C=O) groups excluding carboxylic acids is 1. The number of hydrogen-bond acceptors (Lipinski definition) is 12. The Morgan fingerprint density at radius 1 is 1.29 bits per heavy atom. The Bertz CT molecular complexity index is 1410. The molecule has 1 aromatic carbocycles. The fourth-order valence-electron chi connectivity index (χ4n) is 4.17. The number of para-hydroxylation sites is 1. The smallest absolute Gasteiger partial charge is 0.459 e. The lowest BCUT2D eigenvalue weighted by Gasteiger charge is -2.26. The molecule has 4 rings (SSSR count). The molecule has 3 aromatic rings. The molecule has 1 fully saturated rings. The Morgan fingerprint density at radius 3 is 2.66 bits per heavy atom. The van der Waals surface area contributed by atoms with Gasteiger partial charge in [0.05, 0.1) is 25.6 Å². The largest absolute Gasteiger partial charge is 0.476 e. The van der Waals surface area contributed by atoms with E-state index in [1.54, 1.807) is 58.0 Å². The normalized spacial score (nSPS) is 24.7. The quantitative estimate of drug-likeness (QED) is 0.154. The number of nitrogens with zero attached hydrogens (tertiary/aromatic N) is 4. The van der Waals surface area contributed by atoms with Crippen molar-refractivity contribution in [3.05, 3.63) is 36.7 Å². The van der Waals surface area contributed by atoms with Gasteiger partial charge in [-0.15, -0.1) is 11.6 Å². The molecule has 3 heterocycles. The van der Waals surface area contributed by atoms with Crippen LogP contribution in [0, 0.1) is 0 Å². The summed E-state index contributed by atoms with van der Waals surface area (Å²) < 4.78 is 43.6. The van der Waals surface area contributed by atoms with Crippen molar-refractivity contribution in [3.8, 4) is 11.6 Å². The Balaban J connectivity index is 1.56. The molecule has 4 N–H and O–H groups in total. The predicted molar refractivity (Wildman–Crippen MR) is 150 cm³/mol. The van der Waals surface area contributed by atoms with Gasteiger partial charge in [0, 0.05) is 0 Å². The molecule has 0 aliphatic carbocycles. The number of esters is 1. The summed E-state index contributed by atoms with van der Waals surface area (Å²) in [5.74, 6) is -0.273. The fraction of sp³-hybridized carbons (Fsp3) is 0.520. The van der Waals surface area contributed by atoms with Crippen molar-refractivity contribution in [2.45, 2.75) is 70.1 Å². The Hall–Kier alpha value is -3.00. The van der Waals surface area contributed by atoms with Crippen molar-refractivity contribution in [2.24, 2.45) is 0 Å². The van der Waals surface area contributed by atoms with Crippen LogP contribution in [0.2, 0.25) is 0 Å². The van der Waals surface area contributed by atoms with E-state index in [1.807, 2.05) is 0 Å². The maximum Gasteiger partial charge on any atom is 0.459 e. The second-order valence-electron chi connectivity index (χ2n) is 9.80. The second kappa shape index (κ2) is 12.5. The van der Waals surface area contributed by atoms with Crippen molar-refractivity contribution in [1.82, 2.24) is 24.6 Å². The number of halogens is 1. The van der Waals surface area contributed by atoms with E-state index in [4.69, 9.17) is 40.6 Å². The van der Waals surface area contributed by atoms with Crippen molar-refractivity contribution in [3.63, 3.8) is 0 Å². The van der Waals surface area contributed by atoms with E-state index in [9.17, 15) is 14.5 Å². The van der Waals surface area contributed by atoms with Gasteiger partial charge >= 0.3 is 13.7 Å². The Morgan fingerprint density at radius 2 is 2.00 bits per heavy atom. The first kappa shape index (κ1) is 30.9. The SMILES string of the molecule is CCOc1nc(N)nc2c1ncn2[C@@H]1O[C@H](COP(=O)(N[C@H](C)C(=O)OC(C)C)Oc2ccccc2)[C@@H](O)[C@@]1(C)Cl. The topological polar surface area (TPSA) is 182 Å². The first-order valence-corrected chi connectivity index (χ1v) is 14.9. The summed E-state index contributed by atoms with van der Waals surface area (Å²) >= 11 is 6.80. The average molecular weight is 613 g/mol. The number of hydrogen-bond donors (Lipinski definition) is 3. The highest BCUT2D eigenvalue weighted by Gasteiger charge is 2.54. The monoisotopic (exact) mass is 612 g/mol. The van der Waals surface area contributed by atoms with Crippen LogP contribution in [0.15, 0.2) is 36.7 Å². The van der Waals surface area contributed by atoms with E-state index in [0.29, 0.717) is 12.1 Å². The molecule has 1 aliphatic heterocycles. The maximum absolute atomic E-state index is 13.8. The first-order valence-electron chi connectivity index (χ1n) is 13.0. The van der Waals surface area contributed by atoms with Gasteiger partial charge in [-0.1, -0.05) is 18.2 Å². The van der Waals surface area contributed by atoms with Crippen LogP contribution in [0.3, 0.4) is 0 Å². The molecule has 1 saturated heterocycles. The highest BCUT2D eigenvalue weighted by Crippen LogP contribution is 2.48. The number of imidazole rings is 1. The molecule has 14 nitrogen and oxygen atoms in total. The minimum Gasteiger partial charge on any atom is -0.476 e. The Kier molecular flexibility index (Phi) is 9.42. The van der Waals surface area contributed by atoms with Crippen molar-refractivity contribution >= 4 is 42.4 Å². The standard InChI is InChI=1S/C25H34ClN6O8P/c1-6-36-21-18-20(29-24(27)30-21)32(13-28-18)23-25(5,26)19(33)17(39-23)12-37-41(35,40-16-10-8-7-9-11-16)31-15(4)22(34)38-14(2)3/h7-11,13-15,17,19,23,33H,6,12H2,1-5H3,(H,31,35)(H2,27,29,30)/t15-,17-,19-,23-,25-,41?/m1/s1. The number of nitrogen functional groups attached to an aromatic ring is 1. The summed E-state index contributed by atoms with van der Waals surface area (Å²) in [5, 5.41) is 13.7. The van der Waals surface area contributed by atoms with Crippen LogP contribution in [0.1, 0.15) is 40.8 Å². The van der Waals surface area contributed by atoms with Gasteiger partial charge in [-0.2, -0.15) is 15.1 Å². The molecule has 0 bridgehead atoms. The zero-order chi connectivity index (χ0) is 29.9. The number of nitrogens with two attached hydrogens (primary N) is 1. The molecule has 0 saturated carbocycles. The molecule has 1 unspecified atom stereocenters. The van der Waals surface area contributed by atoms with Crippen LogP contribution in [-0.2, 0) is 23.4 Å². The third-order valence-electron chi connectivity index (χ3n) is 6.09. The van der Waals surface area contributed by atoms with Crippen LogP contribution in [0.5, 0.6) is 11.6 Å². The third kappa shape index (κ3) is 6.91. The summed E-state index contributed by atoms with van der Waals surface area (Å²) in [5.41, 5.74) is 6.49. The van der Waals surface area contributed by atoms with Gasteiger partial charge in [0.1, 0.15) is 28.9 Å². The van der Waals surface area contributed by atoms with Crippen LogP contribution >= 0.6 is 19.3 Å². The highest BCUT2D eigenvalue weighted by molar-refractivity contribution is 7.52. The number of aliphatic hydroxyl groups is 1. The summed E-state index contributed by atoms with van der Waals surface area (Å²) in [7, 11) is -4.21. The molecular formula is C25H34ClN6O8P. The molecule has 16 heteroatoms. The molecule has 0 amide bonds. The van der Waals surface area contributed by atoms with Crippen molar-refractivity contribution in [1.29, 1.82) is 0 Å². The minimum absolute atomic E-state index is 0.0485. The van der Waals surface area contributed by atoms with E-state index in [-0.39, 0.29) is 29.3 Å².